The number of benzene rings is 2. The van der Waals surface area contributed by atoms with Crippen molar-refractivity contribution in [1.82, 2.24) is 10.2 Å². The number of hydrogen-bond acceptors (Lipinski definition) is 11. The maximum Gasteiger partial charge on any atom is 0.348 e. The van der Waals surface area contributed by atoms with Crippen LogP contribution in [0, 0.1) is 5.92 Å². The first kappa shape index (κ1) is 41.0. The van der Waals surface area contributed by atoms with Crippen molar-refractivity contribution in [2.75, 3.05) is 54.2 Å². The standard InChI is InChI=1S/C38H43Cl2N3O7S.H2O/c1-46-18-17-43-15-13-25(14-16-43)24-49-38(45)36(26-7-5-4-6-8-26)42-21-28-10-12-35(51-28)37(44)50-33(20-29-30(39)22-41-23-31(29)40)27-9-11-32(47-2)34(19-27)48-3;/h4-12,19,22-23,25,33,36,42H,13-18,20-21,24H2,1-3H3;1H2/t33-,36?;/m0./s1. The molecule has 4 aromatic rings. The maximum atomic E-state index is 13.6. The van der Waals surface area contributed by atoms with Crippen LogP contribution < -0.4 is 19.8 Å². The Labute approximate surface area is 318 Å². The predicted octanol–water partition coefficient (Wildman–Crippen LogP) is 6.58. The van der Waals surface area contributed by atoms with Crippen LogP contribution in [0.25, 0.3) is 0 Å². The second-order valence-corrected chi connectivity index (χ2v) is 14.2. The fourth-order valence-corrected chi connectivity index (χ4v) is 7.35. The van der Waals surface area contributed by atoms with Crippen molar-refractivity contribution < 1.29 is 43.7 Å². The number of ether oxygens (including phenoxy) is 5. The van der Waals surface area contributed by atoms with Gasteiger partial charge in [0, 0.05) is 37.1 Å². The van der Waals surface area contributed by atoms with Crippen LogP contribution in [0.1, 0.15) is 56.2 Å². The topological polar surface area (TPSA) is 140 Å². The number of H-pyrrole nitrogens is 1. The Hall–Kier alpha value is -3.75. The van der Waals surface area contributed by atoms with Crippen LogP contribution in [-0.2, 0) is 32.0 Å². The van der Waals surface area contributed by atoms with E-state index in [-0.39, 0.29) is 17.9 Å². The summed E-state index contributed by atoms with van der Waals surface area (Å²) in [6, 6.07) is 17.8. The predicted molar refractivity (Wildman–Crippen MR) is 199 cm³/mol. The van der Waals surface area contributed by atoms with Gasteiger partial charge in [-0.05, 0) is 67.2 Å². The molecule has 11 nitrogen and oxygen atoms in total. The molecule has 1 aliphatic rings. The van der Waals surface area contributed by atoms with E-state index in [9.17, 15) is 9.59 Å². The molecule has 0 aliphatic carbocycles. The first-order chi connectivity index (χ1) is 24.8. The minimum atomic E-state index is -0.742. The van der Waals surface area contributed by atoms with Crippen molar-refractivity contribution in [3.8, 4) is 11.5 Å². The van der Waals surface area contributed by atoms with Gasteiger partial charge in [-0.1, -0.05) is 59.6 Å². The van der Waals surface area contributed by atoms with E-state index in [4.69, 9.17) is 46.9 Å². The third kappa shape index (κ3) is 11.1. The van der Waals surface area contributed by atoms with Crippen molar-refractivity contribution in [3.63, 3.8) is 0 Å². The number of nitrogens with zero attached hydrogens (tertiary/aromatic N) is 1. The van der Waals surface area contributed by atoms with Gasteiger partial charge in [0.1, 0.15) is 27.1 Å². The summed E-state index contributed by atoms with van der Waals surface area (Å²) in [5, 5.41) is 4.20. The van der Waals surface area contributed by atoms with E-state index in [0.717, 1.165) is 49.5 Å². The number of hydrogen-bond donors (Lipinski definition) is 1. The number of carbonyl (C=O) groups is 2. The van der Waals surface area contributed by atoms with Gasteiger partial charge in [-0.2, -0.15) is 0 Å². The Morgan fingerprint density at radius 2 is 1.65 bits per heavy atom. The lowest BCUT2D eigenvalue weighted by Crippen LogP contribution is -2.38. The number of halogens is 2. The number of nitrogens with one attached hydrogen (secondary N) is 2. The highest BCUT2D eigenvalue weighted by atomic mass is 35.5. The summed E-state index contributed by atoms with van der Waals surface area (Å²) in [6.45, 7) is 4.30. The summed E-state index contributed by atoms with van der Waals surface area (Å²) in [7, 11) is 4.81. The van der Waals surface area contributed by atoms with Gasteiger partial charge in [0.25, 0.3) is 0 Å². The molecule has 2 atom stereocenters. The van der Waals surface area contributed by atoms with E-state index in [0.29, 0.717) is 56.6 Å². The first-order valence-electron chi connectivity index (χ1n) is 16.8. The Morgan fingerprint density at radius 1 is 0.942 bits per heavy atom. The fraction of sp³-hybridized carbons (Fsp3) is 0.395. The van der Waals surface area contributed by atoms with E-state index < -0.39 is 18.1 Å². The molecule has 2 aromatic carbocycles. The number of rotatable bonds is 17. The Bertz CT molecular complexity index is 1720. The molecule has 52 heavy (non-hydrogen) atoms. The number of aromatic amines is 1. The molecule has 0 radical (unpaired) electrons. The third-order valence-electron chi connectivity index (χ3n) is 8.91. The average Bonchev–Trinajstić information content (AvgIpc) is 3.64. The number of aromatic nitrogens is 1. The van der Waals surface area contributed by atoms with E-state index in [1.54, 1.807) is 51.9 Å². The van der Waals surface area contributed by atoms with E-state index in [2.05, 4.69) is 15.2 Å². The van der Waals surface area contributed by atoms with Crippen LogP contribution in [0.15, 0.2) is 73.1 Å². The zero-order valence-electron chi connectivity index (χ0n) is 29.4. The van der Waals surface area contributed by atoms with Crippen molar-refractivity contribution in [1.29, 1.82) is 0 Å². The largest absolute Gasteiger partial charge is 0.870 e. The monoisotopic (exact) mass is 773 g/mol. The summed E-state index contributed by atoms with van der Waals surface area (Å²) < 4.78 is 28.1. The number of pyridine rings is 1. The second-order valence-electron chi connectivity index (χ2n) is 12.2. The molecule has 3 N–H and O–H groups in total. The number of piperidine rings is 1. The summed E-state index contributed by atoms with van der Waals surface area (Å²) in [4.78, 5) is 33.6. The van der Waals surface area contributed by atoms with E-state index in [1.165, 1.54) is 11.3 Å². The highest BCUT2D eigenvalue weighted by Crippen LogP contribution is 2.36. The first-order valence-corrected chi connectivity index (χ1v) is 18.4. The molecule has 3 heterocycles. The van der Waals surface area contributed by atoms with E-state index >= 15 is 0 Å². The maximum absolute atomic E-state index is 13.6. The summed E-state index contributed by atoms with van der Waals surface area (Å²) >= 11 is 14.3. The van der Waals surface area contributed by atoms with Gasteiger partial charge >= 0.3 is 11.9 Å². The quantitative estimate of drug-likeness (QED) is 0.117. The van der Waals surface area contributed by atoms with Crippen molar-refractivity contribution in [2.24, 2.45) is 5.92 Å². The van der Waals surface area contributed by atoms with Gasteiger partial charge in [0.15, 0.2) is 23.9 Å². The van der Waals surface area contributed by atoms with Crippen LogP contribution in [-0.4, -0.2) is 76.5 Å². The lowest BCUT2D eigenvalue weighted by Gasteiger charge is -2.31. The van der Waals surface area contributed by atoms with Gasteiger partial charge in [-0.3, -0.25) is 5.32 Å². The Balaban J connectivity index is 0.00000605. The molecule has 1 aliphatic heterocycles. The smallest absolute Gasteiger partial charge is 0.348 e. The second kappa shape index (κ2) is 20.5. The lowest BCUT2D eigenvalue weighted by molar-refractivity contribution is -0.377. The Kier molecular flexibility index (Phi) is 16.2. The van der Waals surface area contributed by atoms with Crippen LogP contribution in [0.5, 0.6) is 11.5 Å². The van der Waals surface area contributed by atoms with Gasteiger partial charge in [-0.25, -0.2) is 14.6 Å². The van der Waals surface area contributed by atoms with Crippen LogP contribution in [0.3, 0.4) is 0 Å². The van der Waals surface area contributed by atoms with Crippen molar-refractivity contribution >= 4 is 46.5 Å². The molecule has 0 bridgehead atoms. The molecule has 0 amide bonds. The van der Waals surface area contributed by atoms with Crippen molar-refractivity contribution in [3.05, 3.63) is 110 Å². The third-order valence-corrected chi connectivity index (χ3v) is 10.6. The molecule has 5 rings (SSSR count). The van der Waals surface area contributed by atoms with Gasteiger partial charge in [0.2, 0.25) is 0 Å². The van der Waals surface area contributed by atoms with Crippen LogP contribution in [0.4, 0.5) is 0 Å². The fourth-order valence-electron chi connectivity index (χ4n) is 5.97. The SMILES string of the molecule is COCCN1CCC(COC(=O)C(NCc2ccc(C(=O)O[C@@H](Cc3c(Cl)c[nH+]cc3Cl)c3ccc(OC)c(OC)c3)s2)c2ccccc2)CC1.[OH-]. The summed E-state index contributed by atoms with van der Waals surface area (Å²) in [6.07, 6.45) is 4.69. The molecule has 14 heteroatoms. The normalized spacial score (nSPS) is 14.6. The van der Waals surface area contributed by atoms with Crippen LogP contribution in [0.2, 0.25) is 10.0 Å². The van der Waals surface area contributed by atoms with Crippen LogP contribution >= 0.6 is 34.5 Å². The minimum absolute atomic E-state index is 0. The van der Waals surface area contributed by atoms with Gasteiger partial charge in [-0.15, -0.1) is 11.3 Å². The zero-order chi connectivity index (χ0) is 36.2. The molecule has 1 saturated heterocycles. The molecule has 0 spiro atoms. The number of esters is 2. The van der Waals surface area contributed by atoms with Gasteiger partial charge < -0.3 is 34.1 Å². The average molecular weight is 775 g/mol. The number of likely N-dealkylation sites (tertiary alicyclic amines) is 1. The summed E-state index contributed by atoms with van der Waals surface area (Å²) in [5.74, 6) is 0.531. The van der Waals surface area contributed by atoms with Crippen molar-refractivity contribution in [2.45, 2.75) is 38.0 Å². The highest BCUT2D eigenvalue weighted by molar-refractivity contribution is 7.13. The molecular weight excluding hydrogens is 729 g/mol. The molecule has 280 valence electrons. The number of carbonyl (C=O) groups excluding carboxylic acids is 2. The number of thiophene rings is 1. The molecule has 1 unspecified atom stereocenters. The molecular formula is C38H45Cl2N3O8S. The summed E-state index contributed by atoms with van der Waals surface area (Å²) in [5.41, 5.74) is 2.12. The molecule has 2 aromatic heterocycles. The zero-order valence-corrected chi connectivity index (χ0v) is 31.8. The highest BCUT2D eigenvalue weighted by Gasteiger charge is 2.27. The lowest BCUT2D eigenvalue weighted by atomic mass is 9.98. The Morgan fingerprint density at radius 3 is 2.33 bits per heavy atom. The van der Waals surface area contributed by atoms with Gasteiger partial charge in [0.05, 0.1) is 27.4 Å². The molecule has 0 saturated carbocycles. The minimum Gasteiger partial charge on any atom is -0.870 e. The molecule has 1 fully saturated rings. The number of methoxy groups -OCH3 is 3. The van der Waals surface area contributed by atoms with E-state index in [1.807, 2.05) is 42.5 Å².